The van der Waals surface area contributed by atoms with Gasteiger partial charge in [0.25, 0.3) is 0 Å². The van der Waals surface area contributed by atoms with E-state index >= 15 is 0 Å². The van der Waals surface area contributed by atoms with Gasteiger partial charge in [0.05, 0.1) is 12.7 Å². The van der Waals surface area contributed by atoms with Crippen LogP contribution in [0.4, 0.5) is 0 Å². The molecule has 3 nitrogen and oxygen atoms in total. The monoisotopic (exact) mass is 284 g/mol. The number of ketones is 1. The van der Waals surface area contributed by atoms with Crippen LogP contribution in [-0.4, -0.2) is 12.9 Å². The number of carbonyl (C=O) groups is 1. The van der Waals surface area contributed by atoms with Crippen LogP contribution >= 0.6 is 0 Å². The zero-order chi connectivity index (χ0) is 15.4. The minimum absolute atomic E-state index is 0.0198. The van der Waals surface area contributed by atoms with Gasteiger partial charge in [0, 0.05) is 6.07 Å². The first kappa shape index (κ1) is 15.1. The van der Waals surface area contributed by atoms with Crippen molar-refractivity contribution in [3.05, 3.63) is 58.7 Å². The van der Waals surface area contributed by atoms with Crippen LogP contribution in [0.25, 0.3) is 0 Å². The molecule has 110 valence electrons. The van der Waals surface area contributed by atoms with E-state index in [0.717, 1.165) is 5.56 Å². The maximum Gasteiger partial charge on any atom is 0.163 e. The van der Waals surface area contributed by atoms with Crippen molar-refractivity contribution in [3.8, 4) is 11.5 Å². The quantitative estimate of drug-likeness (QED) is 0.776. The van der Waals surface area contributed by atoms with Gasteiger partial charge in [-0.2, -0.15) is 0 Å². The normalized spacial score (nSPS) is 10.3. The van der Waals surface area contributed by atoms with Crippen molar-refractivity contribution >= 4 is 5.78 Å². The Bertz CT molecular complexity index is 660. The van der Waals surface area contributed by atoms with E-state index in [1.165, 1.54) is 18.1 Å². The second-order valence-corrected chi connectivity index (χ2v) is 5.14. The van der Waals surface area contributed by atoms with Crippen molar-refractivity contribution in [1.29, 1.82) is 0 Å². The number of ether oxygens (including phenoxy) is 2. The number of hydrogen-bond donors (Lipinski definition) is 0. The smallest absolute Gasteiger partial charge is 0.163 e. The Morgan fingerprint density at radius 2 is 1.86 bits per heavy atom. The Labute approximate surface area is 125 Å². The van der Waals surface area contributed by atoms with Gasteiger partial charge in [-0.3, -0.25) is 4.79 Å². The first-order chi connectivity index (χ1) is 10.0. The van der Waals surface area contributed by atoms with E-state index < -0.39 is 0 Å². The van der Waals surface area contributed by atoms with Crippen molar-refractivity contribution in [2.45, 2.75) is 27.4 Å². The highest BCUT2D eigenvalue weighted by Crippen LogP contribution is 2.26. The summed E-state index contributed by atoms with van der Waals surface area (Å²) in [4.78, 5) is 11.7. The molecule has 0 bridgehead atoms. The van der Waals surface area contributed by atoms with Crippen LogP contribution in [0.15, 0.2) is 36.4 Å². The molecule has 0 unspecified atom stereocenters. The molecule has 0 aliphatic rings. The zero-order valence-corrected chi connectivity index (χ0v) is 12.9. The molecule has 3 heteroatoms. The lowest BCUT2D eigenvalue weighted by Crippen LogP contribution is -2.03. The van der Waals surface area contributed by atoms with Gasteiger partial charge in [0.15, 0.2) is 5.78 Å². The van der Waals surface area contributed by atoms with E-state index in [0.29, 0.717) is 23.7 Å². The molecule has 0 fully saturated rings. The Morgan fingerprint density at radius 1 is 1.10 bits per heavy atom. The number of benzene rings is 2. The summed E-state index contributed by atoms with van der Waals surface area (Å²) in [5, 5.41) is 0. The summed E-state index contributed by atoms with van der Waals surface area (Å²) in [6.45, 7) is 6.07. The van der Waals surface area contributed by atoms with E-state index in [2.05, 4.69) is 32.0 Å². The van der Waals surface area contributed by atoms with Gasteiger partial charge in [-0.15, -0.1) is 0 Å². The maximum atomic E-state index is 11.7. The molecule has 0 aromatic heterocycles. The van der Waals surface area contributed by atoms with Gasteiger partial charge >= 0.3 is 0 Å². The average Bonchev–Trinajstić information content (AvgIpc) is 2.47. The van der Waals surface area contributed by atoms with Crippen LogP contribution in [0.5, 0.6) is 11.5 Å². The Hall–Kier alpha value is -2.29. The predicted octanol–water partition coefficient (Wildman–Crippen LogP) is 4.09. The third-order valence-electron chi connectivity index (χ3n) is 3.46. The van der Waals surface area contributed by atoms with Crippen LogP contribution in [0.2, 0.25) is 0 Å². The molecule has 0 saturated heterocycles. The standard InChI is InChI=1S/C18H20O3/c1-12-5-6-13(2)15(9-12)11-21-18-10-16(20-4)7-8-17(18)14(3)19/h5-10H,11H2,1-4H3. The van der Waals surface area contributed by atoms with Gasteiger partial charge < -0.3 is 9.47 Å². The molecule has 2 aromatic carbocycles. The number of hydrogen-bond acceptors (Lipinski definition) is 3. The summed E-state index contributed by atoms with van der Waals surface area (Å²) < 4.78 is 11.1. The van der Waals surface area contributed by atoms with Crippen molar-refractivity contribution < 1.29 is 14.3 Å². The lowest BCUT2D eigenvalue weighted by molar-refractivity contribution is 0.101. The molecule has 0 atom stereocenters. The summed E-state index contributed by atoms with van der Waals surface area (Å²) in [5.41, 5.74) is 4.05. The molecule has 0 aliphatic carbocycles. The largest absolute Gasteiger partial charge is 0.497 e. The number of methoxy groups -OCH3 is 1. The number of carbonyl (C=O) groups excluding carboxylic acids is 1. The van der Waals surface area contributed by atoms with Crippen molar-refractivity contribution in [3.63, 3.8) is 0 Å². The van der Waals surface area contributed by atoms with E-state index in [4.69, 9.17) is 9.47 Å². The van der Waals surface area contributed by atoms with E-state index in [-0.39, 0.29) is 5.78 Å². The van der Waals surface area contributed by atoms with Gasteiger partial charge in [-0.25, -0.2) is 0 Å². The molecule has 21 heavy (non-hydrogen) atoms. The summed E-state index contributed by atoms with van der Waals surface area (Å²) in [5.74, 6) is 1.22. The molecule has 0 N–H and O–H groups in total. The fraction of sp³-hybridized carbons (Fsp3) is 0.278. The van der Waals surface area contributed by atoms with Crippen LogP contribution in [0.3, 0.4) is 0 Å². The van der Waals surface area contributed by atoms with Crippen LogP contribution in [-0.2, 0) is 6.61 Å². The summed E-state index contributed by atoms with van der Waals surface area (Å²) in [6.07, 6.45) is 0. The van der Waals surface area contributed by atoms with E-state index in [1.54, 1.807) is 25.3 Å². The zero-order valence-electron chi connectivity index (χ0n) is 12.9. The van der Waals surface area contributed by atoms with Gasteiger partial charge in [-0.1, -0.05) is 23.8 Å². The fourth-order valence-electron chi connectivity index (χ4n) is 2.15. The topological polar surface area (TPSA) is 35.5 Å². The number of aryl methyl sites for hydroxylation is 2. The molecular formula is C18H20O3. The van der Waals surface area contributed by atoms with E-state index in [9.17, 15) is 4.79 Å². The molecule has 0 spiro atoms. The highest BCUT2D eigenvalue weighted by molar-refractivity contribution is 5.97. The van der Waals surface area contributed by atoms with Crippen molar-refractivity contribution in [1.82, 2.24) is 0 Å². The SMILES string of the molecule is COc1ccc(C(C)=O)c(OCc2cc(C)ccc2C)c1. The summed E-state index contributed by atoms with van der Waals surface area (Å²) in [6, 6.07) is 11.5. The predicted molar refractivity (Wildman–Crippen MR) is 83.2 cm³/mol. The molecule has 0 heterocycles. The highest BCUT2D eigenvalue weighted by atomic mass is 16.5. The second kappa shape index (κ2) is 6.44. The molecule has 0 saturated carbocycles. The van der Waals surface area contributed by atoms with Crippen molar-refractivity contribution in [2.75, 3.05) is 7.11 Å². The maximum absolute atomic E-state index is 11.7. The Balaban J connectivity index is 2.26. The summed E-state index contributed by atoms with van der Waals surface area (Å²) >= 11 is 0. The summed E-state index contributed by atoms with van der Waals surface area (Å²) in [7, 11) is 1.59. The van der Waals surface area contributed by atoms with Crippen LogP contribution in [0.1, 0.15) is 34.0 Å². The van der Waals surface area contributed by atoms with Crippen LogP contribution in [0, 0.1) is 13.8 Å². The van der Waals surface area contributed by atoms with Crippen molar-refractivity contribution in [2.24, 2.45) is 0 Å². The number of rotatable bonds is 5. The van der Waals surface area contributed by atoms with Gasteiger partial charge in [-0.05, 0) is 44.0 Å². The molecule has 0 radical (unpaired) electrons. The minimum Gasteiger partial charge on any atom is -0.497 e. The lowest BCUT2D eigenvalue weighted by Gasteiger charge is -2.13. The third kappa shape index (κ3) is 3.63. The highest BCUT2D eigenvalue weighted by Gasteiger charge is 2.11. The first-order valence-corrected chi connectivity index (χ1v) is 6.89. The molecule has 0 aliphatic heterocycles. The Kier molecular flexibility index (Phi) is 4.63. The van der Waals surface area contributed by atoms with Crippen LogP contribution < -0.4 is 9.47 Å². The Morgan fingerprint density at radius 3 is 2.52 bits per heavy atom. The third-order valence-corrected chi connectivity index (χ3v) is 3.46. The second-order valence-electron chi connectivity index (χ2n) is 5.14. The van der Waals surface area contributed by atoms with E-state index in [1.807, 2.05) is 0 Å². The molecular weight excluding hydrogens is 264 g/mol. The average molecular weight is 284 g/mol. The fourth-order valence-corrected chi connectivity index (χ4v) is 2.15. The lowest BCUT2D eigenvalue weighted by atomic mass is 10.1. The minimum atomic E-state index is -0.0198. The number of Topliss-reactive ketones (excluding diaryl/α,β-unsaturated/α-hetero) is 1. The molecule has 2 rings (SSSR count). The van der Waals surface area contributed by atoms with Gasteiger partial charge in [0.2, 0.25) is 0 Å². The first-order valence-electron chi connectivity index (χ1n) is 6.89. The molecule has 2 aromatic rings. The van der Waals surface area contributed by atoms with Gasteiger partial charge in [0.1, 0.15) is 18.1 Å². The molecule has 0 amide bonds.